The van der Waals surface area contributed by atoms with Gasteiger partial charge in [-0.05, 0) is 31.4 Å². The molecule has 1 aliphatic heterocycles. The average Bonchev–Trinajstić information content (AvgIpc) is 2.93. The molecule has 2 heterocycles. The number of H-pyrrole nitrogens is 2. The van der Waals surface area contributed by atoms with E-state index in [1.54, 1.807) is 25.1 Å². The fourth-order valence-corrected chi connectivity index (χ4v) is 5.17. The second-order valence-electron chi connectivity index (χ2n) is 5.63. The molecule has 0 saturated carbocycles. The second kappa shape index (κ2) is 6.10. The van der Waals surface area contributed by atoms with Crippen molar-refractivity contribution in [1.82, 2.24) is 19.5 Å². The monoisotopic (exact) mass is 356 g/mol. The lowest BCUT2D eigenvalue weighted by Crippen LogP contribution is -2.38. The summed E-state index contributed by atoms with van der Waals surface area (Å²) in [5, 5.41) is 6.51. The number of aromatic nitrogens is 3. The van der Waals surface area contributed by atoms with Crippen molar-refractivity contribution < 1.29 is 8.42 Å². The molecular weight excluding hydrogens is 340 g/mol. The maximum Gasteiger partial charge on any atom is 0.340 e. The average molecular weight is 357 g/mol. The Labute approximate surface area is 138 Å². The van der Waals surface area contributed by atoms with Gasteiger partial charge in [0.1, 0.15) is 10.7 Å². The van der Waals surface area contributed by atoms with Crippen LogP contribution in [0.15, 0.2) is 27.9 Å². The third kappa shape index (κ3) is 3.06. The number of nitrogens with zero attached hydrogens (tertiary/aromatic N) is 2. The molecule has 7 nitrogen and oxygen atoms in total. The number of benzene rings is 1. The summed E-state index contributed by atoms with van der Waals surface area (Å²) < 4.78 is 27.1. The number of aromatic amines is 2. The maximum atomic E-state index is 12.8. The van der Waals surface area contributed by atoms with Crippen LogP contribution in [0.5, 0.6) is 0 Å². The highest BCUT2D eigenvalue weighted by Gasteiger charge is 2.33. The lowest BCUT2D eigenvalue weighted by Gasteiger charge is -2.30. The molecule has 2 aromatic rings. The number of halogens is 1. The van der Waals surface area contributed by atoms with Gasteiger partial charge in [0.25, 0.3) is 0 Å². The number of hydrogen-bond donors (Lipinski definition) is 2. The zero-order chi connectivity index (χ0) is 16.6. The molecule has 23 heavy (non-hydrogen) atoms. The van der Waals surface area contributed by atoms with Crippen LogP contribution in [0.4, 0.5) is 0 Å². The van der Waals surface area contributed by atoms with Gasteiger partial charge in [0.15, 0.2) is 0 Å². The van der Waals surface area contributed by atoms with E-state index in [2.05, 4.69) is 15.2 Å². The molecule has 1 aromatic carbocycles. The minimum absolute atomic E-state index is 0.0488. The Morgan fingerprint density at radius 1 is 1.30 bits per heavy atom. The molecule has 0 spiro atoms. The van der Waals surface area contributed by atoms with E-state index in [1.807, 2.05) is 0 Å². The molecule has 0 radical (unpaired) electrons. The number of piperidine rings is 1. The highest BCUT2D eigenvalue weighted by Crippen LogP contribution is 2.32. The van der Waals surface area contributed by atoms with E-state index < -0.39 is 10.0 Å². The first-order chi connectivity index (χ1) is 10.9. The van der Waals surface area contributed by atoms with Crippen molar-refractivity contribution in [2.75, 3.05) is 13.1 Å². The first-order valence-corrected chi connectivity index (χ1v) is 9.11. The van der Waals surface area contributed by atoms with E-state index in [0.29, 0.717) is 37.3 Å². The Kier molecular flexibility index (Phi) is 4.31. The topological polar surface area (TPSA) is 98.9 Å². The summed E-state index contributed by atoms with van der Waals surface area (Å²) in [5.41, 5.74) is 0.290. The van der Waals surface area contributed by atoms with Gasteiger partial charge in [-0.3, -0.25) is 4.98 Å². The minimum atomic E-state index is -3.62. The number of aryl methyl sites for hydroxylation is 1. The maximum absolute atomic E-state index is 12.8. The van der Waals surface area contributed by atoms with E-state index in [-0.39, 0.29) is 21.5 Å². The molecule has 124 valence electrons. The third-order valence-electron chi connectivity index (χ3n) is 4.12. The van der Waals surface area contributed by atoms with Gasteiger partial charge in [0.05, 0.1) is 5.02 Å². The van der Waals surface area contributed by atoms with E-state index in [1.165, 1.54) is 4.31 Å². The number of rotatable bonds is 3. The van der Waals surface area contributed by atoms with Gasteiger partial charge in [0, 0.05) is 19.0 Å². The van der Waals surface area contributed by atoms with Crippen molar-refractivity contribution in [1.29, 1.82) is 0 Å². The van der Waals surface area contributed by atoms with Crippen LogP contribution in [0.25, 0.3) is 0 Å². The molecular formula is C14H17ClN4O3S. The molecule has 0 bridgehead atoms. The second-order valence-corrected chi connectivity index (χ2v) is 7.91. The number of sulfonamides is 1. The van der Waals surface area contributed by atoms with Crippen molar-refractivity contribution in [3.63, 3.8) is 0 Å². The van der Waals surface area contributed by atoms with Crippen LogP contribution < -0.4 is 5.69 Å². The lowest BCUT2D eigenvalue weighted by molar-refractivity contribution is 0.313. The zero-order valence-corrected chi connectivity index (χ0v) is 14.1. The van der Waals surface area contributed by atoms with E-state index in [0.717, 1.165) is 0 Å². The van der Waals surface area contributed by atoms with Crippen LogP contribution in [0.1, 0.15) is 30.1 Å². The van der Waals surface area contributed by atoms with Gasteiger partial charge in [-0.2, -0.15) is 9.40 Å². The van der Waals surface area contributed by atoms with Crippen LogP contribution in [0, 0.1) is 6.92 Å². The standard InChI is InChI=1S/C14H17ClN4O3S/c1-9-3-2-4-11(15)12(9)23(21,22)19-7-5-10(6-8-19)13-16-14(20)18-17-13/h2-4,10H,5-8H2,1H3,(H2,16,17,18,20). The normalized spacial score (nSPS) is 17.5. The summed E-state index contributed by atoms with van der Waals surface area (Å²) in [5.74, 6) is 0.633. The first kappa shape index (κ1) is 16.2. The Balaban J connectivity index is 1.80. The summed E-state index contributed by atoms with van der Waals surface area (Å²) in [6.07, 6.45) is 1.20. The highest BCUT2D eigenvalue weighted by atomic mass is 35.5. The Morgan fingerprint density at radius 2 is 2.00 bits per heavy atom. The predicted molar refractivity (Wildman–Crippen MR) is 86.1 cm³/mol. The Hall–Kier alpha value is -1.64. The quantitative estimate of drug-likeness (QED) is 0.873. The van der Waals surface area contributed by atoms with Crippen molar-refractivity contribution in [2.24, 2.45) is 0 Å². The summed E-state index contributed by atoms with van der Waals surface area (Å²) in [6.45, 7) is 2.47. The van der Waals surface area contributed by atoms with Gasteiger partial charge in [-0.15, -0.1) is 0 Å². The molecule has 1 fully saturated rings. The highest BCUT2D eigenvalue weighted by molar-refractivity contribution is 7.89. The fraction of sp³-hybridized carbons (Fsp3) is 0.429. The van der Waals surface area contributed by atoms with Crippen LogP contribution >= 0.6 is 11.6 Å². The van der Waals surface area contributed by atoms with E-state index in [4.69, 9.17) is 11.6 Å². The first-order valence-electron chi connectivity index (χ1n) is 7.29. The predicted octanol–water partition coefficient (Wildman–Crippen LogP) is 1.63. The minimum Gasteiger partial charge on any atom is -0.293 e. The molecule has 0 unspecified atom stereocenters. The third-order valence-corrected chi connectivity index (χ3v) is 6.65. The molecule has 1 aromatic heterocycles. The largest absolute Gasteiger partial charge is 0.340 e. The van der Waals surface area contributed by atoms with Crippen LogP contribution in [0.3, 0.4) is 0 Å². The molecule has 1 aliphatic rings. The van der Waals surface area contributed by atoms with Gasteiger partial charge < -0.3 is 0 Å². The van der Waals surface area contributed by atoms with Crippen LogP contribution in [-0.2, 0) is 10.0 Å². The Bertz CT molecular complexity index is 846. The summed E-state index contributed by atoms with van der Waals surface area (Å²) >= 11 is 6.10. The molecule has 0 aliphatic carbocycles. The Morgan fingerprint density at radius 3 is 2.57 bits per heavy atom. The van der Waals surface area contributed by atoms with Gasteiger partial charge in [-0.1, -0.05) is 23.7 Å². The van der Waals surface area contributed by atoms with Crippen molar-refractivity contribution in [3.8, 4) is 0 Å². The molecule has 0 amide bonds. The summed E-state index contributed by atoms with van der Waals surface area (Å²) in [6, 6.07) is 5.06. The van der Waals surface area contributed by atoms with Crippen molar-refractivity contribution in [2.45, 2.75) is 30.6 Å². The van der Waals surface area contributed by atoms with E-state index >= 15 is 0 Å². The van der Waals surface area contributed by atoms with Crippen molar-refractivity contribution >= 4 is 21.6 Å². The molecule has 2 N–H and O–H groups in total. The lowest BCUT2D eigenvalue weighted by atomic mass is 9.98. The number of nitrogens with one attached hydrogen (secondary N) is 2. The van der Waals surface area contributed by atoms with E-state index in [9.17, 15) is 13.2 Å². The molecule has 1 saturated heterocycles. The van der Waals surface area contributed by atoms with Gasteiger partial charge in [0.2, 0.25) is 10.0 Å². The SMILES string of the molecule is Cc1cccc(Cl)c1S(=O)(=O)N1CCC(c2n[nH]c(=O)[nH]2)CC1. The van der Waals surface area contributed by atoms with Crippen molar-refractivity contribution in [3.05, 3.63) is 45.1 Å². The van der Waals surface area contributed by atoms with Crippen LogP contribution in [0.2, 0.25) is 5.02 Å². The molecule has 9 heteroatoms. The van der Waals surface area contributed by atoms with Gasteiger partial charge in [-0.25, -0.2) is 18.3 Å². The molecule has 3 rings (SSSR count). The van der Waals surface area contributed by atoms with Crippen LogP contribution in [-0.4, -0.2) is 41.0 Å². The smallest absolute Gasteiger partial charge is 0.293 e. The summed E-state index contributed by atoms with van der Waals surface area (Å²) in [4.78, 5) is 13.9. The fourth-order valence-electron chi connectivity index (χ4n) is 2.92. The molecule has 0 atom stereocenters. The number of hydrogen-bond acceptors (Lipinski definition) is 4. The zero-order valence-electron chi connectivity index (χ0n) is 12.5. The van der Waals surface area contributed by atoms with Gasteiger partial charge >= 0.3 is 5.69 Å². The summed E-state index contributed by atoms with van der Waals surface area (Å²) in [7, 11) is -3.62.